The largest absolute Gasteiger partial charge is 1.00 e. The number of ether oxygens (including phenoxy) is 1. The molecule has 0 aliphatic heterocycles. The fraction of sp³-hybridized carbons (Fsp3) is 0.500. The van der Waals surface area contributed by atoms with Crippen LogP contribution in [-0.4, -0.2) is 77.7 Å². The summed E-state index contributed by atoms with van der Waals surface area (Å²) in [6, 6.07) is 0. The van der Waals surface area contributed by atoms with Crippen molar-refractivity contribution in [2.24, 2.45) is 0 Å². The van der Waals surface area contributed by atoms with Gasteiger partial charge in [0.25, 0.3) is 0 Å². The maximum atomic E-state index is 11.7. The van der Waals surface area contributed by atoms with Gasteiger partial charge in [-0.05, 0) is 0 Å². The van der Waals surface area contributed by atoms with Gasteiger partial charge >= 0.3 is 65.4 Å². The number of rotatable bonds is 11. The van der Waals surface area contributed by atoms with E-state index in [9.17, 15) is 33.9 Å². The van der Waals surface area contributed by atoms with E-state index in [4.69, 9.17) is 25.5 Å². The number of hydrogen-bond acceptors (Lipinski definition) is 9. The van der Waals surface area contributed by atoms with Crippen LogP contribution in [0.5, 0.6) is 0 Å². The summed E-state index contributed by atoms with van der Waals surface area (Å²) in [5, 5.41) is 53.5. The van der Waals surface area contributed by atoms with Crippen LogP contribution in [0, 0.1) is 0 Å². The summed E-state index contributed by atoms with van der Waals surface area (Å²) in [5.74, 6) is -11.6. The summed E-state index contributed by atoms with van der Waals surface area (Å²) in [5.41, 5.74) is -6.24. The van der Waals surface area contributed by atoms with E-state index in [1.165, 1.54) is 0 Å². The monoisotopic (exact) mass is 407 g/mol. The van der Waals surface area contributed by atoms with Crippen molar-refractivity contribution >= 4 is 35.8 Å². The smallest absolute Gasteiger partial charge is 1.00 e. The first-order valence-corrected chi connectivity index (χ1v) is 6.30. The van der Waals surface area contributed by atoms with Crippen molar-refractivity contribution < 1.29 is 95.1 Å². The SMILES string of the molecule is N.O=C(O)CC(O)(CC(=O)OC(CC(=O)O)(CC(=O)O)C(=O)O)C(=O)O.[H-].[Na+]. The Morgan fingerprint density at radius 2 is 1.07 bits per heavy atom. The van der Waals surface area contributed by atoms with E-state index in [-0.39, 0.29) is 37.1 Å². The Morgan fingerprint density at radius 3 is 1.33 bits per heavy atom. The fourth-order valence-corrected chi connectivity index (χ4v) is 1.77. The number of carboxylic acid groups (broad SMARTS) is 5. The molecule has 0 saturated carbocycles. The first-order chi connectivity index (χ1) is 11.2. The average molecular weight is 407 g/mol. The normalized spacial score (nSPS) is 12.3. The van der Waals surface area contributed by atoms with Gasteiger partial charge in [-0.2, -0.15) is 0 Å². The Kier molecular flexibility index (Phi) is 12.5. The van der Waals surface area contributed by atoms with Crippen LogP contribution in [0.4, 0.5) is 0 Å². The Balaban J connectivity index is -0.000000960. The zero-order valence-electron chi connectivity index (χ0n) is 15.1. The van der Waals surface area contributed by atoms with Gasteiger partial charge in [0.15, 0.2) is 5.60 Å². The van der Waals surface area contributed by atoms with E-state index in [0.717, 1.165) is 0 Å². The molecule has 0 bridgehead atoms. The number of carbonyl (C=O) groups excluding carboxylic acids is 1. The fourth-order valence-electron chi connectivity index (χ4n) is 1.77. The van der Waals surface area contributed by atoms with E-state index >= 15 is 0 Å². The van der Waals surface area contributed by atoms with Crippen LogP contribution in [0.1, 0.15) is 27.1 Å². The van der Waals surface area contributed by atoms with Gasteiger partial charge in [-0.1, -0.05) is 0 Å². The summed E-state index contributed by atoms with van der Waals surface area (Å²) in [7, 11) is 0. The maximum Gasteiger partial charge on any atom is 1.00 e. The molecule has 0 aromatic rings. The van der Waals surface area contributed by atoms with Crippen LogP contribution in [-0.2, 0) is 33.5 Å². The van der Waals surface area contributed by atoms with Gasteiger partial charge in [-0.15, -0.1) is 0 Å². The van der Waals surface area contributed by atoms with Gasteiger partial charge in [-0.3, -0.25) is 19.2 Å². The van der Waals surface area contributed by atoms with E-state index in [0.29, 0.717) is 0 Å². The molecule has 150 valence electrons. The molecule has 9 N–H and O–H groups in total. The Bertz CT molecular complexity index is 609. The molecule has 0 amide bonds. The van der Waals surface area contributed by atoms with Crippen molar-refractivity contribution in [1.29, 1.82) is 0 Å². The van der Waals surface area contributed by atoms with Gasteiger partial charge in [-0.25, -0.2) is 9.59 Å². The molecule has 0 spiro atoms. The average Bonchev–Trinajstić information content (AvgIpc) is 2.34. The van der Waals surface area contributed by atoms with Crippen LogP contribution in [0.2, 0.25) is 0 Å². The zero-order valence-corrected chi connectivity index (χ0v) is 16.1. The second-order valence-electron chi connectivity index (χ2n) is 5.00. The minimum Gasteiger partial charge on any atom is -1.00 e. The van der Waals surface area contributed by atoms with Gasteiger partial charge < -0.3 is 43.0 Å². The van der Waals surface area contributed by atoms with Crippen molar-refractivity contribution in [3.05, 3.63) is 0 Å². The topological polar surface area (TPSA) is 268 Å². The Hall–Kier alpha value is -2.26. The third-order valence-electron chi connectivity index (χ3n) is 2.85. The quantitative estimate of drug-likeness (QED) is 0.125. The molecule has 27 heavy (non-hydrogen) atoms. The molecule has 0 heterocycles. The molecule has 0 aliphatic carbocycles. The van der Waals surface area contributed by atoms with Crippen molar-refractivity contribution in [3.63, 3.8) is 0 Å². The summed E-state index contributed by atoms with van der Waals surface area (Å²) in [6.45, 7) is 0. The van der Waals surface area contributed by atoms with E-state index < -0.39 is 72.7 Å². The maximum absolute atomic E-state index is 11.7. The van der Waals surface area contributed by atoms with Gasteiger partial charge in [0, 0.05) is 0 Å². The van der Waals surface area contributed by atoms with E-state index in [1.807, 2.05) is 0 Å². The predicted octanol–water partition coefficient (Wildman–Crippen LogP) is -4.74. The van der Waals surface area contributed by atoms with Crippen LogP contribution in [0.15, 0.2) is 0 Å². The molecule has 0 radical (unpaired) electrons. The van der Waals surface area contributed by atoms with Gasteiger partial charge in [0.1, 0.15) is 0 Å². The molecule has 1 unspecified atom stereocenters. The second kappa shape index (κ2) is 11.5. The summed E-state index contributed by atoms with van der Waals surface area (Å²) in [4.78, 5) is 66.0. The summed E-state index contributed by atoms with van der Waals surface area (Å²) in [6.07, 6.45) is -5.94. The molecule has 15 heteroatoms. The van der Waals surface area contributed by atoms with Crippen molar-refractivity contribution in [1.82, 2.24) is 6.15 Å². The predicted molar refractivity (Wildman–Crippen MR) is 76.6 cm³/mol. The third kappa shape index (κ3) is 9.30. The molecule has 1 atom stereocenters. The Labute approximate surface area is 174 Å². The molecular formula is C12H18NNaO13. The minimum atomic E-state index is -3.17. The minimum absolute atomic E-state index is 0. The van der Waals surface area contributed by atoms with Gasteiger partial charge in [0.2, 0.25) is 5.60 Å². The second-order valence-corrected chi connectivity index (χ2v) is 5.00. The number of carbonyl (C=O) groups is 6. The van der Waals surface area contributed by atoms with E-state index in [2.05, 4.69) is 4.74 Å². The molecule has 0 aromatic carbocycles. The molecular weight excluding hydrogens is 389 g/mol. The van der Waals surface area contributed by atoms with Crippen LogP contribution >= 0.6 is 0 Å². The Morgan fingerprint density at radius 1 is 0.704 bits per heavy atom. The molecule has 0 saturated heterocycles. The number of aliphatic carboxylic acids is 5. The molecule has 14 nitrogen and oxygen atoms in total. The molecule has 0 aliphatic rings. The van der Waals surface area contributed by atoms with Crippen LogP contribution in [0.25, 0.3) is 0 Å². The van der Waals surface area contributed by atoms with Crippen LogP contribution in [0.3, 0.4) is 0 Å². The molecule has 0 fully saturated rings. The summed E-state index contributed by atoms with van der Waals surface area (Å²) >= 11 is 0. The number of hydrogen-bond donors (Lipinski definition) is 7. The van der Waals surface area contributed by atoms with Crippen LogP contribution < -0.4 is 35.7 Å². The first kappa shape index (κ1) is 29.5. The molecule has 0 rings (SSSR count). The van der Waals surface area contributed by atoms with Crippen molar-refractivity contribution in [2.45, 2.75) is 36.9 Å². The van der Waals surface area contributed by atoms with Crippen molar-refractivity contribution in [3.8, 4) is 0 Å². The third-order valence-corrected chi connectivity index (χ3v) is 2.85. The molecule has 0 aromatic heterocycles. The summed E-state index contributed by atoms with van der Waals surface area (Å²) < 4.78 is 4.33. The first-order valence-electron chi connectivity index (χ1n) is 6.30. The standard InChI is InChI=1S/C12H14O13.H3N.Na.H/c13-5(14)1-11(24,9(20)21)4-8(19)25-12(10(22)23,2-6(15)16)3-7(17)18;;;/h24H,1-4H2,(H,13,14)(H,15,16)(H,17,18)(H,20,21)(H,22,23);1H3;;/q;;+1;-1. The van der Waals surface area contributed by atoms with Crippen molar-refractivity contribution in [2.75, 3.05) is 0 Å². The zero-order chi connectivity index (χ0) is 20.0. The van der Waals surface area contributed by atoms with Gasteiger partial charge in [0.05, 0.1) is 25.7 Å². The number of aliphatic hydroxyl groups is 1. The number of esters is 1. The number of carboxylic acids is 5. The van der Waals surface area contributed by atoms with E-state index in [1.54, 1.807) is 0 Å².